The van der Waals surface area contributed by atoms with Crippen LogP contribution in [0, 0.1) is 0 Å². The van der Waals surface area contributed by atoms with Crippen LogP contribution in [0.2, 0.25) is 0 Å². The van der Waals surface area contributed by atoms with Crippen LogP contribution in [0.25, 0.3) is 11.0 Å². The van der Waals surface area contributed by atoms with Crippen LogP contribution < -0.4 is 5.56 Å². The minimum absolute atomic E-state index is 0.0250. The third-order valence-electron chi connectivity index (χ3n) is 5.79. The van der Waals surface area contributed by atoms with Gasteiger partial charge in [-0.2, -0.15) is 0 Å². The zero-order valence-corrected chi connectivity index (χ0v) is 16.1. The Morgan fingerprint density at radius 1 is 1.14 bits per heavy atom. The first-order chi connectivity index (χ1) is 13.7. The molecule has 0 bridgehead atoms. The van der Waals surface area contributed by atoms with Crippen molar-refractivity contribution in [1.82, 2.24) is 24.4 Å². The second-order valence-electron chi connectivity index (χ2n) is 7.66. The van der Waals surface area contributed by atoms with Crippen LogP contribution in [-0.2, 0) is 26.6 Å². The number of aryl methyl sites for hydroxylation is 1. The Balaban J connectivity index is 1.40. The lowest BCUT2D eigenvalue weighted by molar-refractivity contribution is 0.234. The number of nitrogens with zero attached hydrogens (tertiary/aromatic N) is 5. The van der Waals surface area contributed by atoms with Gasteiger partial charge in [-0.3, -0.25) is 14.7 Å². The number of benzene rings is 1. The van der Waals surface area contributed by atoms with Gasteiger partial charge in [-0.1, -0.05) is 12.1 Å². The molecule has 0 fully saturated rings. The largest absolute Gasteiger partial charge is 0.330 e. The lowest BCUT2D eigenvalue weighted by Crippen LogP contribution is -2.36. The third kappa shape index (κ3) is 3.05. The quantitative estimate of drug-likeness (QED) is 0.760. The van der Waals surface area contributed by atoms with E-state index in [0.717, 1.165) is 79.1 Å². The monoisotopic (exact) mass is 376 g/mol. The highest BCUT2D eigenvalue weighted by atomic mass is 16.1. The molecule has 0 aliphatic carbocycles. The molecule has 0 amide bonds. The predicted molar refractivity (Wildman–Crippen MR) is 109 cm³/mol. The molecular weight excluding hydrogens is 352 g/mol. The lowest BCUT2D eigenvalue weighted by Gasteiger charge is -2.27. The molecule has 7 nitrogen and oxygen atoms in total. The minimum Gasteiger partial charge on any atom is -0.330 e. The van der Waals surface area contributed by atoms with Crippen molar-refractivity contribution in [2.24, 2.45) is 12.0 Å². The topological polar surface area (TPSA) is 79.2 Å². The first kappa shape index (κ1) is 17.3. The lowest BCUT2D eigenvalue weighted by atomic mass is 10.1. The van der Waals surface area contributed by atoms with Crippen molar-refractivity contribution >= 4 is 16.7 Å². The van der Waals surface area contributed by atoms with E-state index in [2.05, 4.69) is 25.5 Å². The van der Waals surface area contributed by atoms with E-state index < -0.39 is 0 Å². The van der Waals surface area contributed by atoms with E-state index in [-0.39, 0.29) is 5.56 Å². The molecule has 1 N–H and O–H groups in total. The summed E-state index contributed by atoms with van der Waals surface area (Å²) in [6.45, 7) is 3.03. The van der Waals surface area contributed by atoms with Crippen LogP contribution in [0.5, 0.6) is 0 Å². The third-order valence-corrected chi connectivity index (χ3v) is 5.79. The number of aromatic amines is 1. The van der Waals surface area contributed by atoms with Crippen LogP contribution in [0.1, 0.15) is 42.2 Å². The summed E-state index contributed by atoms with van der Waals surface area (Å²) in [7, 11) is 2.05. The molecule has 5 rings (SSSR count). The maximum absolute atomic E-state index is 12.7. The van der Waals surface area contributed by atoms with E-state index in [9.17, 15) is 4.79 Å². The smallest absolute Gasteiger partial charge is 0.255 e. The molecule has 0 radical (unpaired) electrons. The van der Waals surface area contributed by atoms with Crippen LogP contribution in [0.4, 0.5) is 0 Å². The Kier molecular flexibility index (Phi) is 4.31. The number of fused-ring (bicyclic) bond motifs is 2. The summed E-state index contributed by atoms with van der Waals surface area (Å²) in [6.07, 6.45) is 3.92. The number of para-hydroxylation sites is 2. The van der Waals surface area contributed by atoms with Crippen molar-refractivity contribution in [1.29, 1.82) is 0 Å². The fraction of sp³-hybridized carbons (Fsp3) is 0.429. The van der Waals surface area contributed by atoms with Crippen LogP contribution in [-0.4, -0.2) is 43.2 Å². The maximum Gasteiger partial charge on any atom is 0.255 e. The molecule has 2 aliphatic rings. The fourth-order valence-corrected chi connectivity index (χ4v) is 4.18. The van der Waals surface area contributed by atoms with Gasteiger partial charge in [0.25, 0.3) is 5.56 Å². The van der Waals surface area contributed by atoms with Crippen molar-refractivity contribution in [3.05, 3.63) is 57.5 Å². The SMILES string of the molecule is Cn1c(CN2CCc3nc(C4=NCCCC4)[nH]c(=O)c3C2)nc2ccccc21. The zero-order valence-electron chi connectivity index (χ0n) is 16.1. The number of H-pyrrole nitrogens is 1. The summed E-state index contributed by atoms with van der Waals surface area (Å²) in [6, 6.07) is 8.16. The molecule has 7 heteroatoms. The van der Waals surface area contributed by atoms with Crippen molar-refractivity contribution in [2.75, 3.05) is 13.1 Å². The molecule has 0 saturated heterocycles. The standard InChI is InChI=1S/C21H24N6O/c1-26-18-8-3-2-6-16(18)23-19(26)13-27-11-9-15-14(12-27)21(28)25-20(24-15)17-7-4-5-10-22-17/h2-3,6,8H,4-5,7,9-13H2,1H3,(H,24,25,28). The maximum atomic E-state index is 12.7. The molecule has 4 heterocycles. The Morgan fingerprint density at radius 2 is 2.04 bits per heavy atom. The second-order valence-corrected chi connectivity index (χ2v) is 7.66. The average molecular weight is 376 g/mol. The summed E-state index contributed by atoms with van der Waals surface area (Å²) in [4.78, 5) is 32.1. The van der Waals surface area contributed by atoms with Gasteiger partial charge in [-0.15, -0.1) is 0 Å². The number of aliphatic imine (C=N–C) groups is 1. The van der Waals surface area contributed by atoms with E-state index in [1.165, 1.54) is 0 Å². The summed E-state index contributed by atoms with van der Waals surface area (Å²) >= 11 is 0. The number of hydrogen-bond acceptors (Lipinski definition) is 5. The van der Waals surface area contributed by atoms with Gasteiger partial charge in [0.15, 0.2) is 5.82 Å². The first-order valence-electron chi connectivity index (χ1n) is 9.97. The highest BCUT2D eigenvalue weighted by molar-refractivity contribution is 5.97. The number of imidazole rings is 1. The summed E-state index contributed by atoms with van der Waals surface area (Å²) in [5.41, 5.74) is 4.77. The summed E-state index contributed by atoms with van der Waals surface area (Å²) in [5, 5.41) is 0. The van der Waals surface area contributed by atoms with E-state index in [4.69, 9.17) is 9.97 Å². The number of nitrogens with one attached hydrogen (secondary N) is 1. The van der Waals surface area contributed by atoms with Gasteiger partial charge in [0.05, 0.1) is 34.5 Å². The number of hydrogen-bond donors (Lipinski definition) is 1. The van der Waals surface area contributed by atoms with Gasteiger partial charge in [0, 0.05) is 33.1 Å². The molecular formula is C21H24N6O. The van der Waals surface area contributed by atoms with Crippen molar-refractivity contribution in [3.8, 4) is 0 Å². The fourth-order valence-electron chi connectivity index (χ4n) is 4.18. The van der Waals surface area contributed by atoms with Gasteiger partial charge in [0.2, 0.25) is 0 Å². The number of aromatic nitrogens is 4. The zero-order chi connectivity index (χ0) is 19.1. The van der Waals surface area contributed by atoms with Gasteiger partial charge >= 0.3 is 0 Å². The summed E-state index contributed by atoms with van der Waals surface area (Å²) < 4.78 is 2.14. The van der Waals surface area contributed by atoms with E-state index >= 15 is 0 Å². The second kappa shape index (κ2) is 6.98. The Hall–Kier alpha value is -2.80. The molecule has 0 unspecified atom stereocenters. The molecule has 0 spiro atoms. The Bertz CT molecular complexity index is 1130. The molecule has 3 aromatic rings. The average Bonchev–Trinajstić information content (AvgIpc) is 3.04. The Labute approximate surface area is 163 Å². The van der Waals surface area contributed by atoms with Gasteiger partial charge in [-0.25, -0.2) is 9.97 Å². The van der Waals surface area contributed by atoms with Crippen molar-refractivity contribution in [3.63, 3.8) is 0 Å². The van der Waals surface area contributed by atoms with Gasteiger partial charge < -0.3 is 9.55 Å². The van der Waals surface area contributed by atoms with Crippen LogP contribution >= 0.6 is 0 Å². The molecule has 2 aromatic heterocycles. The van der Waals surface area contributed by atoms with E-state index in [1.807, 2.05) is 25.2 Å². The highest BCUT2D eigenvalue weighted by Crippen LogP contribution is 2.20. The summed E-state index contributed by atoms with van der Waals surface area (Å²) in [5.74, 6) is 1.69. The highest BCUT2D eigenvalue weighted by Gasteiger charge is 2.24. The molecule has 1 aromatic carbocycles. The molecule has 28 heavy (non-hydrogen) atoms. The molecule has 2 aliphatic heterocycles. The number of rotatable bonds is 3. The van der Waals surface area contributed by atoms with Crippen molar-refractivity contribution < 1.29 is 0 Å². The molecule has 0 atom stereocenters. The van der Waals surface area contributed by atoms with Gasteiger partial charge in [-0.05, 0) is 31.4 Å². The van der Waals surface area contributed by atoms with Crippen LogP contribution in [0.3, 0.4) is 0 Å². The Morgan fingerprint density at radius 3 is 2.86 bits per heavy atom. The van der Waals surface area contributed by atoms with Gasteiger partial charge in [0.1, 0.15) is 5.82 Å². The normalized spacial score (nSPS) is 17.5. The predicted octanol–water partition coefficient (Wildman–Crippen LogP) is 2.19. The molecule has 0 saturated carbocycles. The first-order valence-corrected chi connectivity index (χ1v) is 9.97. The van der Waals surface area contributed by atoms with Crippen LogP contribution in [0.15, 0.2) is 34.1 Å². The molecule has 144 valence electrons. The van der Waals surface area contributed by atoms with Crippen molar-refractivity contribution in [2.45, 2.75) is 38.8 Å². The van der Waals surface area contributed by atoms with E-state index in [0.29, 0.717) is 12.4 Å². The van der Waals surface area contributed by atoms with E-state index in [1.54, 1.807) is 0 Å². The minimum atomic E-state index is -0.0250.